The Labute approximate surface area is 118 Å². The number of benzene rings is 2. The van der Waals surface area contributed by atoms with Crippen molar-refractivity contribution in [3.63, 3.8) is 0 Å². The van der Waals surface area contributed by atoms with Crippen molar-refractivity contribution < 1.29 is 30.9 Å². The lowest BCUT2D eigenvalue weighted by atomic mass is 10.2. The van der Waals surface area contributed by atoms with E-state index in [4.69, 9.17) is 9.29 Å². The largest absolute Gasteiger partial charge is 0.457 e. The van der Waals surface area contributed by atoms with Crippen molar-refractivity contribution in [2.45, 2.75) is 11.1 Å². The van der Waals surface area contributed by atoms with Gasteiger partial charge in [0.2, 0.25) is 0 Å². The predicted octanol–water partition coefficient (Wildman–Crippen LogP) is 3.74. The van der Waals surface area contributed by atoms with Crippen LogP contribution in [0.5, 0.6) is 11.5 Å². The SMILES string of the molecule is O=S(=O)(O)c1ccc(Oc2ccc(C(F)(F)F)cc2)cc1. The molecule has 112 valence electrons. The third-order valence-electron chi connectivity index (χ3n) is 2.54. The van der Waals surface area contributed by atoms with Crippen LogP contribution in [0.1, 0.15) is 5.56 Å². The van der Waals surface area contributed by atoms with Crippen molar-refractivity contribution in [2.75, 3.05) is 0 Å². The second-order valence-corrected chi connectivity index (χ2v) is 5.49. The molecule has 2 aromatic carbocycles. The Morgan fingerprint density at radius 3 is 1.67 bits per heavy atom. The maximum atomic E-state index is 12.4. The van der Waals surface area contributed by atoms with Crippen molar-refractivity contribution in [1.29, 1.82) is 0 Å². The summed E-state index contributed by atoms with van der Waals surface area (Å²) in [7, 11) is -4.29. The molecular formula is C13H9F3O4S. The first-order valence-electron chi connectivity index (χ1n) is 5.59. The van der Waals surface area contributed by atoms with Gasteiger partial charge in [0.05, 0.1) is 10.5 Å². The minimum atomic E-state index is -4.42. The summed E-state index contributed by atoms with van der Waals surface area (Å²) in [6.07, 6.45) is -4.42. The normalized spacial score (nSPS) is 12.2. The summed E-state index contributed by atoms with van der Waals surface area (Å²) in [5, 5.41) is 0. The summed E-state index contributed by atoms with van der Waals surface area (Å²) < 4.78 is 72.9. The fourth-order valence-electron chi connectivity index (χ4n) is 1.53. The number of alkyl halides is 3. The van der Waals surface area contributed by atoms with Crippen molar-refractivity contribution in [1.82, 2.24) is 0 Å². The Morgan fingerprint density at radius 2 is 1.29 bits per heavy atom. The van der Waals surface area contributed by atoms with Crippen molar-refractivity contribution in [2.24, 2.45) is 0 Å². The molecule has 0 bridgehead atoms. The van der Waals surface area contributed by atoms with Crippen LogP contribution < -0.4 is 4.74 Å². The maximum absolute atomic E-state index is 12.4. The van der Waals surface area contributed by atoms with E-state index in [1.807, 2.05) is 0 Å². The average molecular weight is 318 g/mol. The first-order chi connectivity index (χ1) is 9.66. The van der Waals surface area contributed by atoms with Gasteiger partial charge in [-0.1, -0.05) is 0 Å². The summed E-state index contributed by atoms with van der Waals surface area (Å²) in [6, 6.07) is 8.86. The summed E-state index contributed by atoms with van der Waals surface area (Å²) in [4.78, 5) is -0.303. The molecule has 4 nitrogen and oxygen atoms in total. The first-order valence-corrected chi connectivity index (χ1v) is 7.03. The molecule has 0 amide bonds. The summed E-state index contributed by atoms with van der Waals surface area (Å²) in [6.45, 7) is 0. The second kappa shape index (κ2) is 5.38. The molecule has 1 N–H and O–H groups in total. The standard InChI is InChI=1S/C13H9F3O4S/c14-13(15,16)9-1-3-10(4-2-9)20-11-5-7-12(8-6-11)21(17,18)19/h1-8H,(H,17,18,19). The number of hydrogen-bond acceptors (Lipinski definition) is 3. The molecule has 2 aromatic rings. The molecule has 0 atom stereocenters. The number of rotatable bonds is 3. The minimum Gasteiger partial charge on any atom is -0.457 e. The van der Waals surface area contributed by atoms with Gasteiger partial charge in [0, 0.05) is 0 Å². The molecule has 0 saturated heterocycles. The topological polar surface area (TPSA) is 63.6 Å². The van der Waals surface area contributed by atoms with Gasteiger partial charge in [-0.05, 0) is 48.5 Å². The average Bonchev–Trinajstić information content (AvgIpc) is 2.38. The Balaban J connectivity index is 2.15. The van der Waals surface area contributed by atoms with Crippen LogP contribution in [-0.2, 0) is 16.3 Å². The van der Waals surface area contributed by atoms with E-state index in [-0.39, 0.29) is 16.4 Å². The Bertz CT molecular complexity index is 720. The lowest BCUT2D eigenvalue weighted by molar-refractivity contribution is -0.137. The van der Waals surface area contributed by atoms with E-state index in [1.165, 1.54) is 12.1 Å². The quantitative estimate of drug-likeness (QED) is 0.876. The highest BCUT2D eigenvalue weighted by Crippen LogP contribution is 2.31. The molecule has 0 heterocycles. The van der Waals surface area contributed by atoms with Crippen LogP contribution in [0.15, 0.2) is 53.4 Å². The molecule has 0 radical (unpaired) electrons. The fraction of sp³-hybridized carbons (Fsp3) is 0.0769. The molecule has 0 aliphatic heterocycles. The Morgan fingerprint density at radius 1 is 0.857 bits per heavy atom. The molecule has 0 unspecified atom stereocenters. The molecule has 0 aromatic heterocycles. The molecule has 2 rings (SSSR count). The maximum Gasteiger partial charge on any atom is 0.416 e. The molecular weight excluding hydrogens is 309 g/mol. The van der Waals surface area contributed by atoms with Gasteiger partial charge < -0.3 is 4.74 Å². The van der Waals surface area contributed by atoms with E-state index >= 15 is 0 Å². The Kier molecular flexibility index (Phi) is 3.93. The summed E-state index contributed by atoms with van der Waals surface area (Å²) >= 11 is 0. The van der Waals surface area contributed by atoms with Crippen LogP contribution in [0.4, 0.5) is 13.2 Å². The molecule has 0 spiro atoms. The van der Waals surface area contributed by atoms with E-state index < -0.39 is 21.9 Å². The third kappa shape index (κ3) is 3.96. The van der Waals surface area contributed by atoms with Crippen LogP contribution in [0.25, 0.3) is 0 Å². The summed E-state index contributed by atoms with van der Waals surface area (Å²) in [5.41, 5.74) is -0.795. The number of hydrogen-bond donors (Lipinski definition) is 1. The van der Waals surface area contributed by atoms with E-state index in [9.17, 15) is 21.6 Å². The molecule has 0 aliphatic rings. The van der Waals surface area contributed by atoms with Gasteiger partial charge in [0.1, 0.15) is 11.5 Å². The lowest BCUT2D eigenvalue weighted by Gasteiger charge is -2.09. The highest BCUT2D eigenvalue weighted by atomic mass is 32.2. The third-order valence-corrected chi connectivity index (χ3v) is 3.41. The zero-order chi connectivity index (χ0) is 15.7. The van der Waals surface area contributed by atoms with Crippen molar-refractivity contribution >= 4 is 10.1 Å². The zero-order valence-corrected chi connectivity index (χ0v) is 11.1. The molecule has 8 heteroatoms. The molecule has 21 heavy (non-hydrogen) atoms. The zero-order valence-electron chi connectivity index (χ0n) is 10.3. The van der Waals surface area contributed by atoms with E-state index in [0.29, 0.717) is 0 Å². The van der Waals surface area contributed by atoms with Gasteiger partial charge in [0.25, 0.3) is 10.1 Å². The van der Waals surface area contributed by atoms with E-state index in [0.717, 1.165) is 36.4 Å². The second-order valence-electron chi connectivity index (χ2n) is 4.07. The first kappa shape index (κ1) is 15.3. The number of ether oxygens (including phenoxy) is 1. The lowest BCUT2D eigenvalue weighted by Crippen LogP contribution is -2.04. The van der Waals surface area contributed by atoms with Crippen LogP contribution >= 0.6 is 0 Å². The van der Waals surface area contributed by atoms with Gasteiger partial charge in [-0.2, -0.15) is 21.6 Å². The predicted molar refractivity (Wildman–Crippen MR) is 67.8 cm³/mol. The van der Waals surface area contributed by atoms with Gasteiger partial charge in [-0.3, -0.25) is 4.55 Å². The van der Waals surface area contributed by atoms with Gasteiger partial charge in [-0.25, -0.2) is 0 Å². The van der Waals surface area contributed by atoms with E-state index in [1.54, 1.807) is 0 Å². The van der Waals surface area contributed by atoms with Crippen molar-refractivity contribution in [3.05, 3.63) is 54.1 Å². The van der Waals surface area contributed by atoms with Crippen LogP contribution in [0, 0.1) is 0 Å². The monoisotopic (exact) mass is 318 g/mol. The van der Waals surface area contributed by atoms with Crippen LogP contribution in [-0.4, -0.2) is 13.0 Å². The minimum absolute atomic E-state index is 0.169. The van der Waals surface area contributed by atoms with Crippen LogP contribution in [0.2, 0.25) is 0 Å². The summed E-state index contributed by atoms with van der Waals surface area (Å²) in [5.74, 6) is 0.393. The smallest absolute Gasteiger partial charge is 0.416 e. The molecule has 0 saturated carbocycles. The Hall–Kier alpha value is -2.06. The highest BCUT2D eigenvalue weighted by molar-refractivity contribution is 7.85. The molecule has 0 fully saturated rings. The van der Waals surface area contributed by atoms with Gasteiger partial charge in [-0.15, -0.1) is 0 Å². The fourth-order valence-corrected chi connectivity index (χ4v) is 2.01. The molecule has 0 aliphatic carbocycles. The highest BCUT2D eigenvalue weighted by Gasteiger charge is 2.30. The number of halogens is 3. The van der Waals surface area contributed by atoms with Gasteiger partial charge >= 0.3 is 6.18 Å². The van der Waals surface area contributed by atoms with Gasteiger partial charge in [0.15, 0.2) is 0 Å². The van der Waals surface area contributed by atoms with E-state index in [2.05, 4.69) is 0 Å². The van der Waals surface area contributed by atoms with Crippen LogP contribution in [0.3, 0.4) is 0 Å². The van der Waals surface area contributed by atoms with Crippen molar-refractivity contribution in [3.8, 4) is 11.5 Å².